The van der Waals surface area contributed by atoms with Gasteiger partial charge >= 0.3 is 0 Å². The Kier molecular flexibility index (Phi) is 4.84. The quantitative estimate of drug-likeness (QED) is 0.890. The van der Waals surface area contributed by atoms with Crippen LogP contribution in [0.5, 0.6) is 5.75 Å². The van der Waals surface area contributed by atoms with Gasteiger partial charge in [0, 0.05) is 36.8 Å². The van der Waals surface area contributed by atoms with Crippen molar-refractivity contribution in [3.8, 4) is 5.75 Å². The highest BCUT2D eigenvalue weighted by Gasteiger charge is 2.25. The van der Waals surface area contributed by atoms with Crippen LogP contribution in [-0.4, -0.2) is 42.9 Å². The van der Waals surface area contributed by atoms with Gasteiger partial charge in [0.2, 0.25) is 0 Å². The molecular weight excluding hydrogens is 323 g/mol. The van der Waals surface area contributed by atoms with Crippen molar-refractivity contribution >= 4 is 27.5 Å². The standard InChI is InChI=1S/C12H15BrClFN2O/c13-10-6-8(14)5-9(12(10)18)11(7-15)17-3-1-16-2-4-17/h5-6,11,16,18H,1-4,7H2/t11-/m1/s1. The van der Waals surface area contributed by atoms with Gasteiger partial charge in [0.15, 0.2) is 0 Å². The monoisotopic (exact) mass is 336 g/mol. The average molecular weight is 338 g/mol. The molecular formula is C12H15BrClFN2O. The van der Waals surface area contributed by atoms with Crippen molar-refractivity contribution < 1.29 is 9.50 Å². The molecule has 1 atom stereocenters. The highest BCUT2D eigenvalue weighted by Crippen LogP contribution is 2.37. The van der Waals surface area contributed by atoms with Gasteiger partial charge in [-0.15, -0.1) is 0 Å². The Morgan fingerprint density at radius 2 is 2.11 bits per heavy atom. The maximum atomic E-state index is 13.3. The smallest absolute Gasteiger partial charge is 0.134 e. The fourth-order valence-electron chi connectivity index (χ4n) is 2.21. The summed E-state index contributed by atoms with van der Waals surface area (Å²) in [6.45, 7) is 2.65. The first-order valence-corrected chi connectivity index (χ1v) is 6.99. The number of hydrogen-bond acceptors (Lipinski definition) is 3. The minimum atomic E-state index is -0.541. The van der Waals surface area contributed by atoms with Gasteiger partial charge in [-0.25, -0.2) is 4.39 Å². The van der Waals surface area contributed by atoms with Crippen molar-refractivity contribution in [2.45, 2.75) is 6.04 Å². The van der Waals surface area contributed by atoms with E-state index in [1.807, 2.05) is 4.90 Å². The van der Waals surface area contributed by atoms with E-state index in [2.05, 4.69) is 21.2 Å². The van der Waals surface area contributed by atoms with Crippen LogP contribution >= 0.6 is 27.5 Å². The largest absolute Gasteiger partial charge is 0.506 e. The molecule has 1 aliphatic heterocycles. The Bertz CT molecular complexity index is 427. The first-order chi connectivity index (χ1) is 8.63. The molecule has 0 bridgehead atoms. The second-order valence-corrected chi connectivity index (χ2v) is 5.57. The molecule has 3 nitrogen and oxygen atoms in total. The zero-order valence-corrected chi connectivity index (χ0v) is 12.1. The number of rotatable bonds is 3. The van der Waals surface area contributed by atoms with Gasteiger partial charge in [-0.1, -0.05) is 11.6 Å². The Morgan fingerprint density at radius 3 is 2.72 bits per heavy atom. The van der Waals surface area contributed by atoms with Gasteiger partial charge in [0.1, 0.15) is 12.4 Å². The van der Waals surface area contributed by atoms with Crippen molar-refractivity contribution in [2.75, 3.05) is 32.9 Å². The van der Waals surface area contributed by atoms with E-state index >= 15 is 0 Å². The second-order valence-electron chi connectivity index (χ2n) is 4.28. The van der Waals surface area contributed by atoms with Gasteiger partial charge in [0.25, 0.3) is 0 Å². The molecule has 1 aromatic rings. The van der Waals surface area contributed by atoms with Crippen LogP contribution in [0, 0.1) is 0 Å². The van der Waals surface area contributed by atoms with Crippen molar-refractivity contribution in [1.82, 2.24) is 10.2 Å². The van der Waals surface area contributed by atoms with E-state index in [1.54, 1.807) is 12.1 Å². The molecule has 0 aromatic heterocycles. The van der Waals surface area contributed by atoms with Crippen molar-refractivity contribution in [2.24, 2.45) is 0 Å². The van der Waals surface area contributed by atoms with Gasteiger partial charge in [-0.2, -0.15) is 0 Å². The van der Waals surface area contributed by atoms with Gasteiger partial charge in [-0.3, -0.25) is 4.90 Å². The van der Waals surface area contributed by atoms with E-state index in [0.29, 0.717) is 15.1 Å². The molecule has 1 aromatic carbocycles. The maximum Gasteiger partial charge on any atom is 0.134 e. The average Bonchev–Trinajstić information content (AvgIpc) is 2.37. The summed E-state index contributed by atoms with van der Waals surface area (Å²) in [5, 5.41) is 13.7. The summed E-state index contributed by atoms with van der Waals surface area (Å²) in [6.07, 6.45) is 0. The third kappa shape index (κ3) is 2.96. The van der Waals surface area contributed by atoms with Crippen LogP contribution in [0.25, 0.3) is 0 Å². The van der Waals surface area contributed by atoms with E-state index in [4.69, 9.17) is 11.6 Å². The van der Waals surface area contributed by atoms with E-state index in [-0.39, 0.29) is 5.75 Å². The lowest BCUT2D eigenvalue weighted by atomic mass is 10.0. The van der Waals surface area contributed by atoms with Gasteiger partial charge in [-0.05, 0) is 28.1 Å². The highest BCUT2D eigenvalue weighted by atomic mass is 79.9. The molecule has 0 radical (unpaired) electrons. The lowest BCUT2D eigenvalue weighted by molar-refractivity contribution is 0.145. The van der Waals surface area contributed by atoms with Crippen LogP contribution in [0.2, 0.25) is 5.02 Å². The lowest BCUT2D eigenvalue weighted by Crippen LogP contribution is -2.45. The molecule has 100 valence electrons. The first kappa shape index (κ1) is 14.1. The van der Waals surface area contributed by atoms with Crippen LogP contribution < -0.4 is 5.32 Å². The summed E-state index contributed by atoms with van der Waals surface area (Å²) in [4.78, 5) is 2.02. The number of phenols is 1. The summed E-state index contributed by atoms with van der Waals surface area (Å²) < 4.78 is 13.8. The summed E-state index contributed by atoms with van der Waals surface area (Å²) >= 11 is 9.20. The summed E-state index contributed by atoms with van der Waals surface area (Å²) in [5.74, 6) is 0.0700. The molecule has 1 saturated heterocycles. The third-order valence-electron chi connectivity index (χ3n) is 3.16. The third-order valence-corrected chi connectivity index (χ3v) is 3.98. The Morgan fingerprint density at radius 1 is 1.44 bits per heavy atom. The van der Waals surface area contributed by atoms with Gasteiger partial charge < -0.3 is 10.4 Å². The number of benzene rings is 1. The SMILES string of the molecule is Oc1c(Br)cc(Cl)cc1[C@@H](CF)N1CCNCC1. The minimum absolute atomic E-state index is 0.0700. The zero-order valence-electron chi connectivity index (χ0n) is 9.80. The summed E-state index contributed by atoms with van der Waals surface area (Å²) in [5.41, 5.74) is 0.541. The van der Waals surface area contributed by atoms with Crippen LogP contribution in [-0.2, 0) is 0 Å². The number of aromatic hydroxyl groups is 1. The fraction of sp³-hybridized carbons (Fsp3) is 0.500. The van der Waals surface area contributed by atoms with Crippen molar-refractivity contribution in [1.29, 1.82) is 0 Å². The number of nitrogens with one attached hydrogen (secondary N) is 1. The van der Waals surface area contributed by atoms with Crippen LogP contribution in [0.15, 0.2) is 16.6 Å². The first-order valence-electron chi connectivity index (χ1n) is 5.82. The highest BCUT2D eigenvalue weighted by molar-refractivity contribution is 9.10. The predicted octanol–water partition coefficient (Wildman–Crippen LogP) is 2.72. The number of hydrogen-bond donors (Lipinski definition) is 2. The molecule has 1 fully saturated rings. The predicted molar refractivity (Wildman–Crippen MR) is 74.0 cm³/mol. The van der Waals surface area contributed by atoms with Crippen LogP contribution in [0.3, 0.4) is 0 Å². The van der Waals surface area contributed by atoms with Crippen LogP contribution in [0.1, 0.15) is 11.6 Å². The minimum Gasteiger partial charge on any atom is -0.506 e. The molecule has 1 heterocycles. The van der Waals surface area contributed by atoms with Crippen LogP contribution in [0.4, 0.5) is 4.39 Å². The molecule has 0 saturated carbocycles. The van der Waals surface area contributed by atoms with E-state index in [9.17, 15) is 9.50 Å². The van der Waals surface area contributed by atoms with E-state index in [1.165, 1.54) is 0 Å². The Labute approximate surface area is 119 Å². The molecule has 0 aliphatic carbocycles. The molecule has 0 unspecified atom stereocenters. The zero-order chi connectivity index (χ0) is 13.1. The molecule has 2 N–H and O–H groups in total. The van der Waals surface area contributed by atoms with E-state index < -0.39 is 12.7 Å². The lowest BCUT2D eigenvalue weighted by Gasteiger charge is -2.34. The normalized spacial score (nSPS) is 18.8. The maximum absolute atomic E-state index is 13.3. The number of piperazine rings is 1. The van der Waals surface area contributed by atoms with Gasteiger partial charge in [0.05, 0.1) is 10.5 Å². The fourth-order valence-corrected chi connectivity index (χ4v) is 3.05. The Balaban J connectivity index is 2.31. The number of alkyl halides is 1. The second kappa shape index (κ2) is 6.19. The summed E-state index contributed by atoms with van der Waals surface area (Å²) in [7, 11) is 0. The van der Waals surface area contributed by atoms with Crippen molar-refractivity contribution in [3.05, 3.63) is 27.2 Å². The molecule has 2 rings (SSSR count). The molecule has 0 spiro atoms. The van der Waals surface area contributed by atoms with E-state index in [0.717, 1.165) is 26.2 Å². The topological polar surface area (TPSA) is 35.5 Å². The van der Waals surface area contributed by atoms with Crippen molar-refractivity contribution in [3.63, 3.8) is 0 Å². The number of phenolic OH excluding ortho intramolecular Hbond substituents is 1. The Hall–Kier alpha value is -0.360. The number of nitrogens with zero attached hydrogens (tertiary/aromatic N) is 1. The molecule has 0 amide bonds. The molecule has 18 heavy (non-hydrogen) atoms. The summed E-state index contributed by atoms with van der Waals surface area (Å²) in [6, 6.07) is 2.79. The number of halogens is 3. The molecule has 6 heteroatoms. The molecule has 1 aliphatic rings.